The van der Waals surface area contributed by atoms with Crippen molar-refractivity contribution in [2.75, 3.05) is 0 Å². The zero-order chi connectivity index (χ0) is 14.0. The number of hydrogen-bond donors (Lipinski definition) is 1. The summed E-state index contributed by atoms with van der Waals surface area (Å²) in [7, 11) is 0. The lowest BCUT2D eigenvalue weighted by Gasteiger charge is -2.25. The van der Waals surface area contributed by atoms with E-state index in [4.69, 9.17) is 5.73 Å². The van der Waals surface area contributed by atoms with Crippen molar-refractivity contribution in [2.45, 2.75) is 46.2 Å². The van der Waals surface area contributed by atoms with Gasteiger partial charge in [-0.15, -0.1) is 0 Å². The Bertz CT molecular complexity index is 543. The summed E-state index contributed by atoms with van der Waals surface area (Å²) in [6.45, 7) is 8.46. The molecule has 0 aliphatic heterocycles. The van der Waals surface area contributed by atoms with E-state index < -0.39 is 0 Å². The molecule has 1 aromatic carbocycles. The van der Waals surface area contributed by atoms with E-state index >= 15 is 0 Å². The summed E-state index contributed by atoms with van der Waals surface area (Å²) < 4.78 is 2.10. The summed E-state index contributed by atoms with van der Waals surface area (Å²) in [5, 5.41) is 4.66. The Balaban J connectivity index is 2.37. The molecule has 0 radical (unpaired) electrons. The lowest BCUT2D eigenvalue weighted by atomic mass is 9.98. The first-order valence-corrected chi connectivity index (χ1v) is 6.89. The van der Waals surface area contributed by atoms with Crippen LogP contribution in [0.25, 0.3) is 0 Å². The fourth-order valence-electron chi connectivity index (χ4n) is 2.54. The highest BCUT2D eigenvalue weighted by Crippen LogP contribution is 2.29. The first-order chi connectivity index (χ1) is 9.06. The second-order valence-electron chi connectivity index (χ2n) is 5.15. The second kappa shape index (κ2) is 5.57. The maximum absolute atomic E-state index is 6.45. The van der Waals surface area contributed by atoms with E-state index in [0.717, 1.165) is 12.1 Å². The van der Waals surface area contributed by atoms with Crippen LogP contribution in [0.4, 0.5) is 0 Å². The van der Waals surface area contributed by atoms with Gasteiger partial charge in [0.05, 0.1) is 17.8 Å². The third-order valence-corrected chi connectivity index (χ3v) is 4.02. The van der Waals surface area contributed by atoms with Gasteiger partial charge in [0.1, 0.15) is 0 Å². The molecule has 2 rings (SSSR count). The largest absolute Gasteiger partial charge is 0.322 e. The van der Waals surface area contributed by atoms with Crippen LogP contribution in [0.3, 0.4) is 0 Å². The standard InChI is InChI=1S/C16H23N3/c1-5-15(16(17)14-9-7-6-8-10-14)19-13(4)11(2)12(3)18-19/h6-10,15-16H,5,17H2,1-4H3. The molecule has 3 nitrogen and oxygen atoms in total. The van der Waals surface area contributed by atoms with E-state index in [2.05, 4.69) is 49.6 Å². The molecule has 2 aromatic rings. The van der Waals surface area contributed by atoms with Gasteiger partial charge in [0.15, 0.2) is 0 Å². The minimum atomic E-state index is -0.0244. The Morgan fingerprint density at radius 1 is 1.16 bits per heavy atom. The lowest BCUT2D eigenvalue weighted by molar-refractivity contribution is 0.365. The highest BCUT2D eigenvalue weighted by molar-refractivity contribution is 5.25. The van der Waals surface area contributed by atoms with Crippen molar-refractivity contribution in [3.8, 4) is 0 Å². The van der Waals surface area contributed by atoms with Crippen LogP contribution in [-0.2, 0) is 0 Å². The van der Waals surface area contributed by atoms with Crippen LogP contribution in [0.2, 0.25) is 0 Å². The summed E-state index contributed by atoms with van der Waals surface area (Å²) in [4.78, 5) is 0. The minimum absolute atomic E-state index is 0.0244. The van der Waals surface area contributed by atoms with Gasteiger partial charge in [-0.1, -0.05) is 37.3 Å². The Labute approximate surface area is 115 Å². The average molecular weight is 257 g/mol. The van der Waals surface area contributed by atoms with E-state index in [-0.39, 0.29) is 12.1 Å². The fourth-order valence-corrected chi connectivity index (χ4v) is 2.54. The quantitative estimate of drug-likeness (QED) is 0.911. The normalized spacial score (nSPS) is 14.4. The minimum Gasteiger partial charge on any atom is -0.322 e. The van der Waals surface area contributed by atoms with Crippen LogP contribution >= 0.6 is 0 Å². The second-order valence-corrected chi connectivity index (χ2v) is 5.15. The molecular formula is C16H23N3. The number of aromatic nitrogens is 2. The van der Waals surface area contributed by atoms with E-state index in [1.54, 1.807) is 0 Å². The van der Waals surface area contributed by atoms with Gasteiger partial charge in [0.2, 0.25) is 0 Å². The van der Waals surface area contributed by atoms with Crippen LogP contribution in [0.5, 0.6) is 0 Å². The third kappa shape index (κ3) is 2.56. The summed E-state index contributed by atoms with van der Waals surface area (Å²) in [5.74, 6) is 0. The predicted octanol–water partition coefficient (Wildman–Crippen LogP) is 3.46. The molecule has 3 heteroatoms. The van der Waals surface area contributed by atoms with E-state index in [0.29, 0.717) is 0 Å². The summed E-state index contributed by atoms with van der Waals surface area (Å²) in [6.07, 6.45) is 0.970. The Kier molecular flexibility index (Phi) is 4.05. The van der Waals surface area contributed by atoms with Gasteiger partial charge < -0.3 is 5.73 Å². The molecule has 0 aliphatic carbocycles. The molecule has 2 N–H and O–H groups in total. The van der Waals surface area contributed by atoms with Crippen LogP contribution in [-0.4, -0.2) is 9.78 Å². The smallest absolute Gasteiger partial charge is 0.0712 e. The summed E-state index contributed by atoms with van der Waals surface area (Å²) in [6, 6.07) is 10.4. The van der Waals surface area contributed by atoms with Crippen molar-refractivity contribution in [2.24, 2.45) is 5.73 Å². The fraction of sp³-hybridized carbons (Fsp3) is 0.438. The zero-order valence-corrected chi connectivity index (χ0v) is 12.2. The SMILES string of the molecule is CCC(C(N)c1ccccc1)n1nc(C)c(C)c1C. The molecule has 19 heavy (non-hydrogen) atoms. The predicted molar refractivity (Wildman–Crippen MR) is 79.1 cm³/mol. The van der Waals surface area contributed by atoms with Gasteiger partial charge >= 0.3 is 0 Å². The molecule has 0 fully saturated rings. The van der Waals surface area contributed by atoms with Crippen molar-refractivity contribution in [3.63, 3.8) is 0 Å². The van der Waals surface area contributed by atoms with Crippen LogP contribution < -0.4 is 5.73 Å². The van der Waals surface area contributed by atoms with Crippen molar-refractivity contribution < 1.29 is 0 Å². The van der Waals surface area contributed by atoms with Gasteiger partial charge in [-0.2, -0.15) is 5.10 Å². The van der Waals surface area contributed by atoms with Crippen LogP contribution in [0.15, 0.2) is 30.3 Å². The number of aryl methyl sites for hydroxylation is 1. The monoisotopic (exact) mass is 257 g/mol. The van der Waals surface area contributed by atoms with Crippen LogP contribution in [0, 0.1) is 20.8 Å². The molecule has 0 amide bonds. The Hall–Kier alpha value is -1.61. The zero-order valence-electron chi connectivity index (χ0n) is 12.2. The maximum atomic E-state index is 6.45. The number of hydrogen-bond acceptors (Lipinski definition) is 2. The number of nitrogens with zero attached hydrogens (tertiary/aromatic N) is 2. The molecular weight excluding hydrogens is 234 g/mol. The third-order valence-electron chi connectivity index (χ3n) is 4.02. The van der Waals surface area contributed by atoms with Crippen molar-refractivity contribution in [3.05, 3.63) is 52.8 Å². The molecule has 2 unspecified atom stereocenters. The molecule has 0 saturated heterocycles. The molecule has 0 bridgehead atoms. The number of nitrogens with two attached hydrogens (primary N) is 1. The first-order valence-electron chi connectivity index (χ1n) is 6.89. The first kappa shape index (κ1) is 13.8. The van der Waals surface area contributed by atoms with Crippen molar-refractivity contribution in [1.29, 1.82) is 0 Å². The van der Waals surface area contributed by atoms with Gasteiger partial charge in [0, 0.05) is 5.69 Å². The maximum Gasteiger partial charge on any atom is 0.0712 e. The Morgan fingerprint density at radius 3 is 2.26 bits per heavy atom. The highest BCUT2D eigenvalue weighted by atomic mass is 15.3. The van der Waals surface area contributed by atoms with Crippen molar-refractivity contribution in [1.82, 2.24) is 9.78 Å². The van der Waals surface area contributed by atoms with Gasteiger partial charge in [-0.05, 0) is 38.3 Å². The molecule has 1 heterocycles. The number of rotatable bonds is 4. The van der Waals surface area contributed by atoms with Gasteiger partial charge in [-0.3, -0.25) is 4.68 Å². The average Bonchev–Trinajstić information content (AvgIpc) is 2.68. The van der Waals surface area contributed by atoms with Gasteiger partial charge in [0.25, 0.3) is 0 Å². The molecule has 0 saturated carbocycles. The van der Waals surface area contributed by atoms with Crippen molar-refractivity contribution >= 4 is 0 Å². The van der Waals surface area contributed by atoms with E-state index in [9.17, 15) is 0 Å². The molecule has 0 spiro atoms. The van der Waals surface area contributed by atoms with E-state index in [1.165, 1.54) is 16.8 Å². The Morgan fingerprint density at radius 2 is 1.79 bits per heavy atom. The summed E-state index contributed by atoms with van der Waals surface area (Å²) >= 11 is 0. The topological polar surface area (TPSA) is 43.8 Å². The number of benzene rings is 1. The summed E-state index contributed by atoms with van der Waals surface area (Å²) in [5.41, 5.74) is 11.2. The van der Waals surface area contributed by atoms with Gasteiger partial charge in [-0.25, -0.2) is 0 Å². The van der Waals surface area contributed by atoms with Crippen LogP contribution in [0.1, 0.15) is 47.9 Å². The molecule has 0 aliphatic rings. The van der Waals surface area contributed by atoms with E-state index in [1.807, 2.05) is 18.2 Å². The highest BCUT2D eigenvalue weighted by Gasteiger charge is 2.22. The lowest BCUT2D eigenvalue weighted by Crippen LogP contribution is -2.26. The molecule has 2 atom stereocenters. The molecule has 1 aromatic heterocycles. The molecule has 102 valence electrons.